The van der Waals surface area contributed by atoms with Gasteiger partial charge in [0.1, 0.15) is 0 Å². The van der Waals surface area contributed by atoms with Crippen molar-refractivity contribution >= 4 is 16.6 Å². The van der Waals surface area contributed by atoms with Gasteiger partial charge in [-0.25, -0.2) is 0 Å². The Bertz CT molecular complexity index is 518. The molecule has 0 spiro atoms. The number of nitrogens with zero attached hydrogens (tertiary/aromatic N) is 2. The zero-order valence-electron chi connectivity index (χ0n) is 11.7. The van der Waals surface area contributed by atoms with Crippen molar-refractivity contribution in [1.82, 2.24) is 4.98 Å². The number of aliphatic hydroxyl groups excluding tert-OH is 1. The van der Waals surface area contributed by atoms with E-state index < -0.39 is 0 Å². The van der Waals surface area contributed by atoms with Gasteiger partial charge >= 0.3 is 0 Å². The van der Waals surface area contributed by atoms with Crippen LogP contribution in [0.15, 0.2) is 36.5 Å². The van der Waals surface area contributed by atoms with Crippen LogP contribution < -0.4 is 4.90 Å². The fourth-order valence-electron chi connectivity index (χ4n) is 2.67. The number of hydrogen-bond donors (Lipinski definition) is 1. The van der Waals surface area contributed by atoms with E-state index in [1.165, 1.54) is 5.69 Å². The molecule has 1 aromatic heterocycles. The van der Waals surface area contributed by atoms with Gasteiger partial charge in [-0.3, -0.25) is 4.98 Å². The van der Waals surface area contributed by atoms with Crippen molar-refractivity contribution in [2.45, 2.75) is 32.7 Å². The van der Waals surface area contributed by atoms with Gasteiger partial charge in [0, 0.05) is 29.9 Å². The highest BCUT2D eigenvalue weighted by Crippen LogP contribution is 2.28. The van der Waals surface area contributed by atoms with E-state index in [4.69, 9.17) is 0 Å². The van der Waals surface area contributed by atoms with Gasteiger partial charge in [-0.2, -0.15) is 0 Å². The van der Waals surface area contributed by atoms with Gasteiger partial charge in [-0.05, 0) is 25.0 Å². The lowest BCUT2D eigenvalue weighted by atomic mass is 10.1. The van der Waals surface area contributed by atoms with Crippen LogP contribution >= 0.6 is 0 Å². The Labute approximate surface area is 114 Å². The number of para-hydroxylation sites is 1. The van der Waals surface area contributed by atoms with Crippen LogP contribution in [0.4, 0.5) is 5.69 Å². The van der Waals surface area contributed by atoms with E-state index in [0.717, 1.165) is 23.7 Å². The predicted octanol–water partition coefficient (Wildman–Crippen LogP) is 3.22. The molecule has 0 amide bonds. The molecule has 0 radical (unpaired) electrons. The van der Waals surface area contributed by atoms with E-state index in [-0.39, 0.29) is 6.61 Å². The quantitative estimate of drug-likeness (QED) is 0.864. The van der Waals surface area contributed by atoms with Crippen molar-refractivity contribution in [3.8, 4) is 0 Å². The van der Waals surface area contributed by atoms with Gasteiger partial charge in [0.05, 0.1) is 12.1 Å². The van der Waals surface area contributed by atoms with E-state index in [1.807, 2.05) is 24.4 Å². The minimum Gasteiger partial charge on any atom is -0.395 e. The molecule has 1 aromatic carbocycles. The summed E-state index contributed by atoms with van der Waals surface area (Å²) in [4.78, 5) is 6.72. The van der Waals surface area contributed by atoms with Crippen molar-refractivity contribution in [2.24, 2.45) is 0 Å². The van der Waals surface area contributed by atoms with Crippen molar-refractivity contribution < 1.29 is 5.11 Å². The maximum atomic E-state index is 9.35. The molecule has 1 N–H and O–H groups in total. The SMILES string of the molecule is CCC(CC)N(CCO)c1ccnc2ccccc12. The predicted molar refractivity (Wildman–Crippen MR) is 80.5 cm³/mol. The summed E-state index contributed by atoms with van der Waals surface area (Å²) in [6.07, 6.45) is 4.00. The first-order valence-electron chi connectivity index (χ1n) is 7.03. The topological polar surface area (TPSA) is 36.4 Å². The Morgan fingerprint density at radius 3 is 2.58 bits per heavy atom. The van der Waals surface area contributed by atoms with E-state index in [9.17, 15) is 5.11 Å². The third kappa shape index (κ3) is 2.87. The van der Waals surface area contributed by atoms with E-state index in [1.54, 1.807) is 0 Å². The van der Waals surface area contributed by atoms with Crippen LogP contribution in [0.2, 0.25) is 0 Å². The highest BCUT2D eigenvalue weighted by molar-refractivity contribution is 5.91. The maximum Gasteiger partial charge on any atom is 0.0722 e. The van der Waals surface area contributed by atoms with Crippen LogP contribution in [0, 0.1) is 0 Å². The Morgan fingerprint density at radius 1 is 1.16 bits per heavy atom. The molecule has 2 rings (SSSR count). The molecule has 0 saturated heterocycles. The van der Waals surface area contributed by atoms with E-state index >= 15 is 0 Å². The number of pyridine rings is 1. The minimum absolute atomic E-state index is 0.174. The summed E-state index contributed by atoms with van der Waals surface area (Å²) >= 11 is 0. The van der Waals surface area contributed by atoms with Crippen LogP contribution in [-0.2, 0) is 0 Å². The first kappa shape index (κ1) is 13.8. The average Bonchev–Trinajstić information content (AvgIpc) is 2.47. The van der Waals surface area contributed by atoms with Crippen LogP contribution in [-0.4, -0.2) is 29.3 Å². The molecular weight excluding hydrogens is 236 g/mol. The number of benzene rings is 1. The van der Waals surface area contributed by atoms with Gasteiger partial charge in [-0.1, -0.05) is 32.0 Å². The monoisotopic (exact) mass is 258 g/mol. The van der Waals surface area contributed by atoms with Crippen molar-refractivity contribution in [2.75, 3.05) is 18.1 Å². The molecular formula is C16H22N2O. The molecule has 19 heavy (non-hydrogen) atoms. The summed E-state index contributed by atoms with van der Waals surface area (Å²) in [5.41, 5.74) is 2.18. The molecule has 0 aliphatic carbocycles. The molecule has 0 aliphatic heterocycles. The number of rotatable bonds is 6. The molecule has 3 nitrogen and oxygen atoms in total. The van der Waals surface area contributed by atoms with Crippen LogP contribution in [0.1, 0.15) is 26.7 Å². The third-order valence-electron chi connectivity index (χ3n) is 3.66. The smallest absolute Gasteiger partial charge is 0.0722 e. The summed E-state index contributed by atoms with van der Waals surface area (Å²) in [7, 11) is 0. The largest absolute Gasteiger partial charge is 0.395 e. The Hall–Kier alpha value is -1.61. The number of fused-ring (bicyclic) bond motifs is 1. The van der Waals surface area contributed by atoms with Crippen molar-refractivity contribution in [1.29, 1.82) is 0 Å². The zero-order chi connectivity index (χ0) is 13.7. The van der Waals surface area contributed by atoms with Gasteiger partial charge in [0.2, 0.25) is 0 Å². The first-order chi connectivity index (χ1) is 9.31. The molecule has 0 saturated carbocycles. The van der Waals surface area contributed by atoms with Crippen LogP contribution in [0.25, 0.3) is 10.9 Å². The summed E-state index contributed by atoms with van der Waals surface area (Å²) in [5, 5.41) is 10.5. The molecule has 3 heteroatoms. The number of hydrogen-bond acceptors (Lipinski definition) is 3. The minimum atomic E-state index is 0.174. The lowest BCUT2D eigenvalue weighted by molar-refractivity contribution is 0.296. The molecule has 0 unspecified atom stereocenters. The second kappa shape index (κ2) is 6.53. The third-order valence-corrected chi connectivity index (χ3v) is 3.66. The summed E-state index contributed by atoms with van der Waals surface area (Å²) in [6, 6.07) is 10.7. The first-order valence-corrected chi connectivity index (χ1v) is 7.03. The lowest BCUT2D eigenvalue weighted by Crippen LogP contribution is -2.36. The summed E-state index contributed by atoms with van der Waals surface area (Å²) in [5.74, 6) is 0. The molecule has 0 bridgehead atoms. The van der Waals surface area contributed by atoms with E-state index in [2.05, 4.69) is 35.9 Å². The van der Waals surface area contributed by atoms with E-state index in [0.29, 0.717) is 12.6 Å². The highest BCUT2D eigenvalue weighted by Gasteiger charge is 2.17. The molecule has 0 aliphatic rings. The zero-order valence-corrected chi connectivity index (χ0v) is 11.7. The number of anilines is 1. The van der Waals surface area contributed by atoms with Crippen LogP contribution in [0.3, 0.4) is 0 Å². The van der Waals surface area contributed by atoms with Crippen molar-refractivity contribution in [3.05, 3.63) is 36.5 Å². The fourth-order valence-corrected chi connectivity index (χ4v) is 2.67. The van der Waals surface area contributed by atoms with Gasteiger partial charge in [-0.15, -0.1) is 0 Å². The number of aliphatic hydroxyl groups is 1. The van der Waals surface area contributed by atoms with Gasteiger partial charge in [0.15, 0.2) is 0 Å². The second-order valence-electron chi connectivity index (χ2n) is 4.73. The molecule has 1 heterocycles. The molecule has 0 fully saturated rings. The molecule has 2 aromatic rings. The summed E-state index contributed by atoms with van der Waals surface area (Å²) < 4.78 is 0. The summed E-state index contributed by atoms with van der Waals surface area (Å²) in [6.45, 7) is 5.23. The fraction of sp³-hybridized carbons (Fsp3) is 0.438. The van der Waals surface area contributed by atoms with Crippen molar-refractivity contribution in [3.63, 3.8) is 0 Å². The molecule has 102 valence electrons. The van der Waals surface area contributed by atoms with Gasteiger partial charge in [0.25, 0.3) is 0 Å². The lowest BCUT2D eigenvalue weighted by Gasteiger charge is -2.33. The Balaban J connectivity index is 2.49. The standard InChI is InChI=1S/C16H22N2O/c1-3-13(4-2)18(11-12-19)16-9-10-17-15-8-6-5-7-14(15)16/h5-10,13,19H,3-4,11-12H2,1-2H3. The Morgan fingerprint density at radius 2 is 1.89 bits per heavy atom. The Kier molecular flexibility index (Phi) is 4.74. The van der Waals surface area contributed by atoms with Crippen LogP contribution in [0.5, 0.6) is 0 Å². The van der Waals surface area contributed by atoms with Gasteiger partial charge < -0.3 is 10.0 Å². The number of aromatic nitrogens is 1. The highest BCUT2D eigenvalue weighted by atomic mass is 16.3. The average molecular weight is 258 g/mol. The maximum absolute atomic E-state index is 9.35. The normalized spacial score (nSPS) is 11.2. The second-order valence-corrected chi connectivity index (χ2v) is 4.73. The molecule has 0 atom stereocenters.